The van der Waals surface area contributed by atoms with Gasteiger partial charge in [-0.1, -0.05) is 0 Å². The first-order valence-corrected chi connectivity index (χ1v) is 10.5. The summed E-state index contributed by atoms with van der Waals surface area (Å²) in [6, 6.07) is 6.50. The van der Waals surface area contributed by atoms with Crippen LogP contribution in [0.3, 0.4) is 0 Å². The number of carbonyl (C=O) groups is 1. The summed E-state index contributed by atoms with van der Waals surface area (Å²) in [5, 5.41) is 0. The highest BCUT2D eigenvalue weighted by atomic mass is 32.2. The zero-order valence-corrected chi connectivity index (χ0v) is 15.5. The Kier molecular flexibility index (Phi) is 5.64. The quantitative estimate of drug-likeness (QED) is 0.800. The average molecular weight is 366 g/mol. The van der Waals surface area contributed by atoms with Crippen LogP contribution in [0.5, 0.6) is 5.75 Å². The van der Waals surface area contributed by atoms with Crippen LogP contribution in [0.15, 0.2) is 29.2 Å². The third-order valence-electron chi connectivity index (χ3n) is 4.92. The van der Waals surface area contributed by atoms with Crippen LogP contribution in [0.1, 0.15) is 32.6 Å². The zero-order chi connectivity index (χ0) is 17.9. The number of likely N-dealkylation sites (tertiary alicyclic amines) is 1. The number of sulfonamides is 1. The van der Waals surface area contributed by atoms with Gasteiger partial charge >= 0.3 is 0 Å². The van der Waals surface area contributed by atoms with Crippen LogP contribution in [0.2, 0.25) is 0 Å². The van der Waals surface area contributed by atoms with Gasteiger partial charge in [-0.3, -0.25) is 4.79 Å². The molecule has 7 heteroatoms. The Morgan fingerprint density at radius 3 is 2.44 bits per heavy atom. The average Bonchev–Trinajstić information content (AvgIpc) is 3.17. The molecule has 1 amide bonds. The number of carbonyl (C=O) groups excluding carboxylic acids is 1. The molecule has 2 saturated heterocycles. The van der Waals surface area contributed by atoms with E-state index in [0.29, 0.717) is 18.9 Å². The molecule has 1 atom stereocenters. The summed E-state index contributed by atoms with van der Waals surface area (Å²) in [4.78, 5) is 14.8. The molecule has 138 valence electrons. The van der Waals surface area contributed by atoms with Gasteiger partial charge in [0, 0.05) is 26.2 Å². The van der Waals surface area contributed by atoms with E-state index in [0.717, 1.165) is 38.8 Å². The van der Waals surface area contributed by atoms with Crippen molar-refractivity contribution < 1.29 is 17.9 Å². The Balaban J connectivity index is 1.71. The second kappa shape index (κ2) is 7.74. The van der Waals surface area contributed by atoms with Gasteiger partial charge in [-0.25, -0.2) is 8.42 Å². The molecule has 2 fully saturated rings. The standard InChI is InChI=1S/C18H26N2O4S/c1-2-24-16-7-9-17(10-8-16)25(22,23)20-13-5-6-15(14-20)18(21)19-11-3-4-12-19/h7-10,15H,2-6,11-14H2,1H3/t15-/m0/s1. The van der Waals surface area contributed by atoms with Crippen molar-refractivity contribution in [2.75, 3.05) is 32.8 Å². The van der Waals surface area contributed by atoms with E-state index in [1.165, 1.54) is 4.31 Å². The van der Waals surface area contributed by atoms with E-state index in [1.54, 1.807) is 24.3 Å². The van der Waals surface area contributed by atoms with Crippen LogP contribution in [0.4, 0.5) is 0 Å². The summed E-state index contributed by atoms with van der Waals surface area (Å²) in [6.45, 7) is 4.79. The maximum atomic E-state index is 12.9. The molecule has 0 spiro atoms. The third kappa shape index (κ3) is 3.98. The summed E-state index contributed by atoms with van der Waals surface area (Å²) in [5.74, 6) is 0.551. The van der Waals surface area contributed by atoms with Crippen LogP contribution < -0.4 is 4.74 Å². The molecule has 25 heavy (non-hydrogen) atoms. The number of ether oxygens (including phenoxy) is 1. The lowest BCUT2D eigenvalue weighted by atomic mass is 9.98. The molecule has 1 aromatic rings. The van der Waals surface area contributed by atoms with Gasteiger partial charge in [0.1, 0.15) is 5.75 Å². The fraction of sp³-hybridized carbons (Fsp3) is 0.611. The van der Waals surface area contributed by atoms with E-state index in [4.69, 9.17) is 4.74 Å². The van der Waals surface area contributed by atoms with E-state index < -0.39 is 10.0 Å². The molecule has 2 aliphatic heterocycles. The lowest BCUT2D eigenvalue weighted by molar-refractivity contribution is -0.135. The molecule has 0 aromatic heterocycles. The maximum absolute atomic E-state index is 12.9. The molecule has 2 aliphatic rings. The minimum Gasteiger partial charge on any atom is -0.494 e. The predicted octanol–water partition coefficient (Wildman–Crippen LogP) is 2.11. The molecule has 0 aliphatic carbocycles. The Morgan fingerprint density at radius 1 is 1.12 bits per heavy atom. The van der Waals surface area contributed by atoms with Crippen molar-refractivity contribution in [3.8, 4) is 5.75 Å². The molecule has 3 rings (SSSR count). The van der Waals surface area contributed by atoms with Crippen molar-refractivity contribution in [1.82, 2.24) is 9.21 Å². The van der Waals surface area contributed by atoms with Crippen molar-refractivity contribution in [1.29, 1.82) is 0 Å². The Hall–Kier alpha value is -1.60. The van der Waals surface area contributed by atoms with Crippen LogP contribution in [0.25, 0.3) is 0 Å². The fourth-order valence-corrected chi connectivity index (χ4v) is 5.11. The normalized spacial score (nSPS) is 22.1. The maximum Gasteiger partial charge on any atom is 0.243 e. The predicted molar refractivity (Wildman–Crippen MR) is 94.9 cm³/mol. The zero-order valence-electron chi connectivity index (χ0n) is 14.7. The molecular weight excluding hydrogens is 340 g/mol. The van der Waals surface area contributed by atoms with Crippen LogP contribution in [-0.2, 0) is 14.8 Å². The van der Waals surface area contributed by atoms with Crippen LogP contribution in [0, 0.1) is 5.92 Å². The van der Waals surface area contributed by atoms with E-state index in [1.807, 2.05) is 11.8 Å². The molecule has 1 aromatic carbocycles. The van der Waals surface area contributed by atoms with Gasteiger partial charge in [-0.05, 0) is 56.9 Å². The molecule has 0 bridgehead atoms. The number of benzene rings is 1. The highest BCUT2D eigenvalue weighted by Gasteiger charge is 2.35. The summed E-state index contributed by atoms with van der Waals surface area (Å²) in [6.07, 6.45) is 3.59. The van der Waals surface area contributed by atoms with E-state index >= 15 is 0 Å². The number of nitrogens with zero attached hydrogens (tertiary/aromatic N) is 2. The van der Waals surface area contributed by atoms with Crippen LogP contribution >= 0.6 is 0 Å². The lowest BCUT2D eigenvalue weighted by Crippen LogP contribution is -2.46. The number of hydrogen-bond donors (Lipinski definition) is 0. The summed E-state index contributed by atoms with van der Waals surface area (Å²) in [7, 11) is -3.58. The lowest BCUT2D eigenvalue weighted by Gasteiger charge is -2.33. The van der Waals surface area contributed by atoms with Gasteiger partial charge in [-0.15, -0.1) is 0 Å². The minimum atomic E-state index is -3.58. The van der Waals surface area contributed by atoms with Crippen molar-refractivity contribution in [2.45, 2.75) is 37.5 Å². The molecule has 0 radical (unpaired) electrons. The topological polar surface area (TPSA) is 66.9 Å². The number of rotatable bonds is 5. The van der Waals surface area contributed by atoms with Crippen molar-refractivity contribution >= 4 is 15.9 Å². The smallest absolute Gasteiger partial charge is 0.243 e. The minimum absolute atomic E-state index is 0.115. The van der Waals surface area contributed by atoms with Gasteiger partial charge in [0.25, 0.3) is 0 Å². The van der Waals surface area contributed by atoms with Crippen molar-refractivity contribution in [2.24, 2.45) is 5.92 Å². The fourth-order valence-electron chi connectivity index (χ4n) is 3.58. The number of piperidine rings is 1. The largest absolute Gasteiger partial charge is 0.494 e. The van der Waals surface area contributed by atoms with Crippen molar-refractivity contribution in [3.05, 3.63) is 24.3 Å². The Labute approximate surface area is 149 Å². The van der Waals surface area contributed by atoms with E-state index in [9.17, 15) is 13.2 Å². The van der Waals surface area contributed by atoms with Gasteiger partial charge in [-0.2, -0.15) is 4.31 Å². The van der Waals surface area contributed by atoms with Crippen LogP contribution in [-0.4, -0.2) is 56.3 Å². The first kappa shape index (κ1) is 18.2. The highest BCUT2D eigenvalue weighted by molar-refractivity contribution is 7.89. The Morgan fingerprint density at radius 2 is 1.80 bits per heavy atom. The van der Waals surface area contributed by atoms with E-state index in [-0.39, 0.29) is 23.3 Å². The number of amides is 1. The molecule has 0 N–H and O–H groups in total. The summed E-state index contributed by atoms with van der Waals surface area (Å²) < 4.78 is 32.6. The molecule has 6 nitrogen and oxygen atoms in total. The van der Waals surface area contributed by atoms with Gasteiger partial charge in [0.2, 0.25) is 15.9 Å². The highest BCUT2D eigenvalue weighted by Crippen LogP contribution is 2.27. The van der Waals surface area contributed by atoms with Gasteiger partial charge in [0.15, 0.2) is 0 Å². The molecule has 0 saturated carbocycles. The SMILES string of the molecule is CCOc1ccc(S(=O)(=O)N2CCC[C@H](C(=O)N3CCCC3)C2)cc1. The number of hydrogen-bond acceptors (Lipinski definition) is 4. The van der Waals surface area contributed by atoms with Gasteiger partial charge in [0.05, 0.1) is 17.4 Å². The Bertz CT molecular complexity index is 696. The van der Waals surface area contributed by atoms with Crippen molar-refractivity contribution in [3.63, 3.8) is 0 Å². The third-order valence-corrected chi connectivity index (χ3v) is 6.80. The first-order chi connectivity index (χ1) is 12.0. The second-order valence-electron chi connectivity index (χ2n) is 6.64. The molecule has 0 unspecified atom stereocenters. The summed E-state index contributed by atoms with van der Waals surface area (Å²) >= 11 is 0. The monoisotopic (exact) mass is 366 g/mol. The second-order valence-corrected chi connectivity index (χ2v) is 8.58. The van der Waals surface area contributed by atoms with Gasteiger partial charge < -0.3 is 9.64 Å². The molecular formula is C18H26N2O4S. The first-order valence-electron chi connectivity index (χ1n) is 9.04. The summed E-state index contributed by atoms with van der Waals surface area (Å²) in [5.41, 5.74) is 0. The van der Waals surface area contributed by atoms with E-state index in [2.05, 4.69) is 0 Å². The molecule has 2 heterocycles.